The Bertz CT molecular complexity index is 321. The summed E-state index contributed by atoms with van der Waals surface area (Å²) >= 11 is 0. The van der Waals surface area contributed by atoms with Gasteiger partial charge in [-0.2, -0.15) is 0 Å². The van der Waals surface area contributed by atoms with Crippen LogP contribution < -0.4 is 0 Å². The number of unbranched alkanes of at least 4 members (excludes halogenated alkanes) is 28. The fourth-order valence-corrected chi connectivity index (χ4v) is 5.15. The Labute approximate surface area is 218 Å². The molecule has 0 aliphatic carbocycles. The van der Waals surface area contributed by atoms with Gasteiger partial charge in [0.25, 0.3) is 0 Å². The van der Waals surface area contributed by atoms with E-state index in [1.807, 2.05) is 0 Å². The molecule has 34 heavy (non-hydrogen) atoms. The maximum Gasteiger partial charge on any atom is -0.0351 e. The summed E-state index contributed by atoms with van der Waals surface area (Å²) in [6.07, 6.45) is 48.4. The van der Waals surface area contributed by atoms with Crippen molar-refractivity contribution >= 4 is 0 Å². The van der Waals surface area contributed by atoms with Gasteiger partial charge in [0.1, 0.15) is 0 Å². The van der Waals surface area contributed by atoms with E-state index in [4.69, 9.17) is 0 Å². The van der Waals surface area contributed by atoms with Crippen molar-refractivity contribution in [2.24, 2.45) is 0 Å². The third kappa shape index (κ3) is 31.7. The molecule has 0 atom stereocenters. The Hall–Kier alpha value is -0.260. The van der Waals surface area contributed by atoms with Gasteiger partial charge in [0.15, 0.2) is 0 Å². The molecule has 0 N–H and O–H groups in total. The lowest BCUT2D eigenvalue weighted by Gasteiger charge is -2.03. The van der Waals surface area contributed by atoms with E-state index in [1.54, 1.807) is 0 Å². The molecule has 0 amide bonds. The molecule has 0 aromatic carbocycles. The van der Waals surface area contributed by atoms with Gasteiger partial charge in [-0.15, -0.1) is 0 Å². The predicted molar refractivity (Wildman–Crippen MR) is 159 cm³/mol. The van der Waals surface area contributed by atoms with Crippen molar-refractivity contribution in [3.8, 4) is 0 Å². The van der Waals surface area contributed by atoms with Gasteiger partial charge in [-0.1, -0.05) is 193 Å². The molecule has 204 valence electrons. The summed E-state index contributed by atoms with van der Waals surface area (Å²) in [5.41, 5.74) is 0. The van der Waals surface area contributed by atoms with Gasteiger partial charge < -0.3 is 0 Å². The van der Waals surface area contributed by atoms with Crippen molar-refractivity contribution in [1.29, 1.82) is 0 Å². The van der Waals surface area contributed by atoms with E-state index in [0.717, 1.165) is 0 Å². The zero-order chi connectivity index (χ0) is 24.6. The van der Waals surface area contributed by atoms with Crippen LogP contribution in [0, 0.1) is 0 Å². The molecular formula is C34H68. The molecule has 0 bridgehead atoms. The molecular weight excluding hydrogens is 408 g/mol. The summed E-state index contributed by atoms with van der Waals surface area (Å²) in [4.78, 5) is 0. The molecule has 0 aromatic rings. The summed E-state index contributed by atoms with van der Waals surface area (Å²) in [5, 5.41) is 0. The van der Waals surface area contributed by atoms with Crippen LogP contribution in [0.2, 0.25) is 0 Å². The fraction of sp³-hybridized carbons (Fsp3) is 0.941. The lowest BCUT2D eigenvalue weighted by Crippen LogP contribution is -1.83. The van der Waals surface area contributed by atoms with Crippen molar-refractivity contribution in [1.82, 2.24) is 0 Å². The topological polar surface area (TPSA) is 0 Å². The second kappa shape index (κ2) is 32.7. The highest BCUT2D eigenvalue weighted by molar-refractivity contribution is 4.81. The summed E-state index contributed by atoms with van der Waals surface area (Å²) in [6.45, 7) is 4.61. The van der Waals surface area contributed by atoms with Crippen molar-refractivity contribution in [2.75, 3.05) is 0 Å². The first kappa shape index (κ1) is 33.7. The minimum Gasteiger partial charge on any atom is -0.0885 e. The van der Waals surface area contributed by atoms with E-state index >= 15 is 0 Å². The summed E-state index contributed by atoms with van der Waals surface area (Å²) < 4.78 is 0. The monoisotopic (exact) mass is 477 g/mol. The Balaban J connectivity index is 3.07. The van der Waals surface area contributed by atoms with Crippen LogP contribution in [0.3, 0.4) is 0 Å². The molecule has 0 unspecified atom stereocenters. The van der Waals surface area contributed by atoms with Crippen LogP contribution in [0.5, 0.6) is 0 Å². The molecule has 0 saturated carbocycles. The molecule has 0 spiro atoms. The smallest absolute Gasteiger partial charge is 0.0351 e. The van der Waals surface area contributed by atoms with Crippen LogP contribution in [0.25, 0.3) is 0 Å². The van der Waals surface area contributed by atoms with Crippen molar-refractivity contribution in [3.05, 3.63) is 12.2 Å². The van der Waals surface area contributed by atoms with Gasteiger partial charge in [-0.3, -0.25) is 0 Å². The molecule has 0 fully saturated rings. The number of rotatable bonds is 30. The number of allylic oxidation sites excluding steroid dienone is 2. The van der Waals surface area contributed by atoms with Gasteiger partial charge >= 0.3 is 0 Å². The molecule has 0 heteroatoms. The first-order valence-electron chi connectivity index (χ1n) is 16.6. The lowest BCUT2D eigenvalue weighted by molar-refractivity contribution is 0.535. The SMILES string of the molecule is CCCCCCCCCCCCCCCC/C=C/CCCCCCCCCCCCCCCC. The molecule has 0 aromatic heterocycles. The van der Waals surface area contributed by atoms with E-state index in [1.165, 1.54) is 193 Å². The third-order valence-electron chi connectivity index (χ3n) is 7.62. The average molecular weight is 477 g/mol. The van der Waals surface area contributed by atoms with Crippen molar-refractivity contribution in [2.45, 2.75) is 206 Å². The second-order valence-electron chi connectivity index (χ2n) is 11.2. The maximum absolute atomic E-state index is 2.46. The minimum absolute atomic E-state index is 1.32. The highest BCUT2D eigenvalue weighted by Crippen LogP contribution is 2.15. The summed E-state index contributed by atoms with van der Waals surface area (Å²) in [5.74, 6) is 0. The first-order valence-corrected chi connectivity index (χ1v) is 16.6. The highest BCUT2D eigenvalue weighted by atomic mass is 14.0. The highest BCUT2D eigenvalue weighted by Gasteiger charge is 1.95. The molecule has 0 rings (SSSR count). The van der Waals surface area contributed by atoms with E-state index in [0.29, 0.717) is 0 Å². The van der Waals surface area contributed by atoms with Crippen LogP contribution >= 0.6 is 0 Å². The number of hydrogen-bond acceptors (Lipinski definition) is 0. The van der Waals surface area contributed by atoms with Gasteiger partial charge in [0.2, 0.25) is 0 Å². The van der Waals surface area contributed by atoms with Crippen molar-refractivity contribution in [3.63, 3.8) is 0 Å². The Kier molecular flexibility index (Phi) is 32.5. The van der Waals surface area contributed by atoms with Gasteiger partial charge in [-0.05, 0) is 25.7 Å². The third-order valence-corrected chi connectivity index (χ3v) is 7.62. The molecule has 0 aliphatic heterocycles. The zero-order valence-electron chi connectivity index (χ0n) is 24.4. The van der Waals surface area contributed by atoms with Crippen LogP contribution in [0.4, 0.5) is 0 Å². The second-order valence-corrected chi connectivity index (χ2v) is 11.2. The predicted octanol–water partition coefficient (Wildman–Crippen LogP) is 13.3. The lowest BCUT2D eigenvalue weighted by atomic mass is 10.0. The first-order chi connectivity index (χ1) is 16.9. The maximum atomic E-state index is 2.46. The largest absolute Gasteiger partial charge is 0.0885 e. The van der Waals surface area contributed by atoms with Crippen molar-refractivity contribution < 1.29 is 0 Å². The molecule has 0 radical (unpaired) electrons. The summed E-state index contributed by atoms with van der Waals surface area (Å²) in [7, 11) is 0. The Morgan fingerprint density at radius 3 is 0.618 bits per heavy atom. The van der Waals surface area contributed by atoms with E-state index in [-0.39, 0.29) is 0 Å². The number of hydrogen-bond donors (Lipinski definition) is 0. The van der Waals surface area contributed by atoms with Gasteiger partial charge in [0.05, 0.1) is 0 Å². The van der Waals surface area contributed by atoms with E-state index < -0.39 is 0 Å². The van der Waals surface area contributed by atoms with Gasteiger partial charge in [-0.25, -0.2) is 0 Å². The van der Waals surface area contributed by atoms with Gasteiger partial charge in [0, 0.05) is 0 Å². The average Bonchev–Trinajstić information content (AvgIpc) is 2.85. The van der Waals surface area contributed by atoms with Crippen LogP contribution in [-0.2, 0) is 0 Å². The standard InChI is InChI=1S/C34H68/c1-3-5-7-9-11-13-15-17-19-21-23-25-27-29-31-33-34-32-30-28-26-24-22-20-18-16-14-12-10-8-6-4-2/h33-34H,3-32H2,1-2H3/b34-33+. The molecule has 0 heterocycles. The zero-order valence-corrected chi connectivity index (χ0v) is 24.4. The summed E-state index contributed by atoms with van der Waals surface area (Å²) in [6, 6.07) is 0. The normalized spacial score (nSPS) is 11.7. The van der Waals surface area contributed by atoms with Crippen LogP contribution in [-0.4, -0.2) is 0 Å². The van der Waals surface area contributed by atoms with E-state index in [2.05, 4.69) is 26.0 Å². The Morgan fingerprint density at radius 1 is 0.235 bits per heavy atom. The fourth-order valence-electron chi connectivity index (χ4n) is 5.15. The Morgan fingerprint density at radius 2 is 0.412 bits per heavy atom. The van der Waals surface area contributed by atoms with E-state index in [9.17, 15) is 0 Å². The quantitative estimate of drug-likeness (QED) is 0.0714. The molecule has 0 nitrogen and oxygen atoms in total. The van der Waals surface area contributed by atoms with Crippen LogP contribution in [0.15, 0.2) is 12.2 Å². The molecule has 0 saturated heterocycles. The molecule has 0 aliphatic rings. The van der Waals surface area contributed by atoms with Crippen LogP contribution in [0.1, 0.15) is 206 Å². The minimum atomic E-state index is 1.32.